The van der Waals surface area contributed by atoms with Crippen LogP contribution in [0.5, 0.6) is 0 Å². The first-order chi connectivity index (χ1) is 5.07. The Morgan fingerprint density at radius 2 is 2.00 bits per heavy atom. The largest absolute Gasteiger partial charge is 0.308 e. The second-order valence-electron chi connectivity index (χ2n) is 3.06. The van der Waals surface area contributed by atoms with Crippen LogP contribution < -0.4 is 5.43 Å². The van der Waals surface area contributed by atoms with Crippen molar-refractivity contribution in [3.05, 3.63) is 12.7 Å². The molecule has 0 aliphatic heterocycles. The zero-order valence-corrected chi connectivity index (χ0v) is 7.89. The molecule has 1 unspecified atom stereocenters. The van der Waals surface area contributed by atoms with Gasteiger partial charge in [-0.2, -0.15) is 5.10 Å². The molecule has 0 fully saturated rings. The number of nitrogens with zero attached hydrogens (tertiary/aromatic N) is 1. The molecule has 11 heavy (non-hydrogen) atoms. The van der Waals surface area contributed by atoms with Gasteiger partial charge in [0.05, 0.1) is 0 Å². The Kier molecular flexibility index (Phi) is 4.59. The van der Waals surface area contributed by atoms with E-state index in [2.05, 4.69) is 37.9 Å². The standard InChI is InChI=1S/C9H18N2/c1-6-8(4)9(5)11-10-7(2)3/h6-8,10H,1H2,2-5H3/b11-9+. The quantitative estimate of drug-likeness (QED) is 0.374. The van der Waals surface area contributed by atoms with Crippen molar-refractivity contribution in [2.24, 2.45) is 11.0 Å². The molecule has 0 aromatic rings. The predicted octanol–water partition coefficient (Wildman–Crippen LogP) is 2.18. The minimum Gasteiger partial charge on any atom is -0.308 e. The van der Waals surface area contributed by atoms with Crippen molar-refractivity contribution in [1.29, 1.82) is 0 Å². The summed E-state index contributed by atoms with van der Waals surface area (Å²) in [6.45, 7) is 11.9. The van der Waals surface area contributed by atoms with Crippen LogP contribution in [0.1, 0.15) is 27.7 Å². The Morgan fingerprint density at radius 3 is 2.36 bits per heavy atom. The molecule has 0 saturated heterocycles. The lowest BCUT2D eigenvalue weighted by Crippen LogP contribution is -2.19. The Hall–Kier alpha value is -0.790. The molecule has 0 amide bonds. The second kappa shape index (κ2) is 4.94. The summed E-state index contributed by atoms with van der Waals surface area (Å²) < 4.78 is 0. The summed E-state index contributed by atoms with van der Waals surface area (Å²) >= 11 is 0. The fourth-order valence-electron chi connectivity index (χ4n) is 0.503. The highest BCUT2D eigenvalue weighted by molar-refractivity contribution is 5.85. The minimum atomic E-state index is 0.362. The molecule has 0 saturated carbocycles. The number of nitrogens with one attached hydrogen (secondary N) is 1. The van der Waals surface area contributed by atoms with Gasteiger partial charge in [0.25, 0.3) is 0 Å². The molecule has 0 heterocycles. The van der Waals surface area contributed by atoms with Crippen molar-refractivity contribution in [3.63, 3.8) is 0 Å². The van der Waals surface area contributed by atoms with Crippen LogP contribution in [0.3, 0.4) is 0 Å². The lowest BCUT2D eigenvalue weighted by atomic mass is 10.1. The third-order valence-corrected chi connectivity index (χ3v) is 1.51. The third kappa shape index (κ3) is 4.59. The average molecular weight is 154 g/mol. The highest BCUT2D eigenvalue weighted by Crippen LogP contribution is 1.98. The number of rotatable bonds is 4. The summed E-state index contributed by atoms with van der Waals surface area (Å²) in [5.41, 5.74) is 4.08. The molecule has 0 aliphatic carbocycles. The van der Waals surface area contributed by atoms with Crippen LogP contribution in [0.15, 0.2) is 17.8 Å². The zero-order chi connectivity index (χ0) is 8.85. The Bertz CT molecular complexity index is 148. The van der Waals surface area contributed by atoms with Crippen LogP contribution in [0.4, 0.5) is 0 Å². The first kappa shape index (κ1) is 10.2. The first-order valence-corrected chi connectivity index (χ1v) is 4.00. The maximum absolute atomic E-state index is 4.19. The van der Waals surface area contributed by atoms with Crippen molar-refractivity contribution in [2.75, 3.05) is 0 Å². The summed E-state index contributed by atoms with van der Waals surface area (Å²) in [4.78, 5) is 0. The molecule has 0 aliphatic rings. The predicted molar refractivity (Wildman–Crippen MR) is 50.7 cm³/mol. The van der Waals surface area contributed by atoms with E-state index in [-0.39, 0.29) is 0 Å². The summed E-state index contributed by atoms with van der Waals surface area (Å²) in [6.07, 6.45) is 1.89. The Morgan fingerprint density at radius 1 is 1.45 bits per heavy atom. The fraction of sp³-hybridized carbons (Fsp3) is 0.667. The molecule has 64 valence electrons. The molecule has 0 bridgehead atoms. The van der Waals surface area contributed by atoms with Gasteiger partial charge in [-0.05, 0) is 20.8 Å². The van der Waals surface area contributed by atoms with Crippen LogP contribution in [0, 0.1) is 5.92 Å². The third-order valence-electron chi connectivity index (χ3n) is 1.51. The fourth-order valence-corrected chi connectivity index (χ4v) is 0.503. The molecule has 2 heteroatoms. The normalized spacial score (nSPS) is 14.8. The Balaban J connectivity index is 3.89. The summed E-state index contributed by atoms with van der Waals surface area (Å²) in [7, 11) is 0. The topological polar surface area (TPSA) is 24.4 Å². The van der Waals surface area contributed by atoms with Crippen LogP contribution in [-0.2, 0) is 0 Å². The molecule has 0 rings (SSSR count). The summed E-state index contributed by atoms with van der Waals surface area (Å²) in [5, 5.41) is 4.19. The summed E-state index contributed by atoms with van der Waals surface area (Å²) in [6, 6.07) is 0.405. The van der Waals surface area contributed by atoms with Crippen LogP contribution >= 0.6 is 0 Å². The van der Waals surface area contributed by atoms with Crippen LogP contribution in [0.2, 0.25) is 0 Å². The number of allylic oxidation sites excluding steroid dienone is 1. The highest BCUT2D eigenvalue weighted by Gasteiger charge is 1.99. The lowest BCUT2D eigenvalue weighted by molar-refractivity contribution is 0.616. The SMILES string of the molecule is C=CC(C)/C(C)=N/NC(C)C. The van der Waals surface area contributed by atoms with E-state index in [1.165, 1.54) is 0 Å². The second-order valence-corrected chi connectivity index (χ2v) is 3.06. The molecule has 0 radical (unpaired) electrons. The minimum absolute atomic E-state index is 0.362. The highest BCUT2D eigenvalue weighted by atomic mass is 15.3. The van der Waals surface area contributed by atoms with Crippen molar-refractivity contribution in [1.82, 2.24) is 5.43 Å². The molecule has 0 spiro atoms. The molecule has 0 aromatic heterocycles. The smallest absolute Gasteiger partial charge is 0.0413 e. The van der Waals surface area contributed by atoms with Crippen molar-refractivity contribution >= 4 is 5.71 Å². The van der Waals surface area contributed by atoms with Crippen molar-refractivity contribution in [2.45, 2.75) is 33.7 Å². The van der Waals surface area contributed by atoms with Gasteiger partial charge in [0.15, 0.2) is 0 Å². The van der Waals surface area contributed by atoms with Gasteiger partial charge in [0.1, 0.15) is 0 Å². The van der Waals surface area contributed by atoms with Gasteiger partial charge in [-0.1, -0.05) is 13.0 Å². The average Bonchev–Trinajstić information content (AvgIpc) is 1.98. The number of hydrazone groups is 1. The van der Waals surface area contributed by atoms with Crippen LogP contribution in [0.25, 0.3) is 0 Å². The molecule has 0 aromatic carbocycles. The lowest BCUT2D eigenvalue weighted by Gasteiger charge is -2.08. The molecular weight excluding hydrogens is 136 g/mol. The molecule has 1 N–H and O–H groups in total. The van der Waals surface area contributed by atoms with Crippen LogP contribution in [-0.4, -0.2) is 11.8 Å². The van der Waals surface area contributed by atoms with Crippen molar-refractivity contribution in [3.8, 4) is 0 Å². The van der Waals surface area contributed by atoms with Gasteiger partial charge in [0, 0.05) is 17.7 Å². The number of hydrogen-bond donors (Lipinski definition) is 1. The zero-order valence-electron chi connectivity index (χ0n) is 7.89. The van der Waals surface area contributed by atoms with E-state index < -0.39 is 0 Å². The molecule has 2 nitrogen and oxygen atoms in total. The number of hydrogen-bond acceptors (Lipinski definition) is 2. The van der Waals surface area contributed by atoms with E-state index in [0.717, 1.165) is 5.71 Å². The van der Waals surface area contributed by atoms with Gasteiger partial charge < -0.3 is 5.43 Å². The van der Waals surface area contributed by atoms with Gasteiger partial charge in [-0.15, -0.1) is 6.58 Å². The van der Waals surface area contributed by atoms with E-state index >= 15 is 0 Å². The van der Waals surface area contributed by atoms with E-state index in [1.54, 1.807) is 0 Å². The summed E-state index contributed by atoms with van der Waals surface area (Å²) in [5.74, 6) is 0.362. The van der Waals surface area contributed by atoms with Crippen molar-refractivity contribution < 1.29 is 0 Å². The van der Waals surface area contributed by atoms with Gasteiger partial charge >= 0.3 is 0 Å². The molecule has 1 atom stereocenters. The van der Waals surface area contributed by atoms with E-state index in [0.29, 0.717) is 12.0 Å². The monoisotopic (exact) mass is 154 g/mol. The maximum Gasteiger partial charge on any atom is 0.0413 e. The first-order valence-electron chi connectivity index (χ1n) is 4.00. The van der Waals surface area contributed by atoms with Gasteiger partial charge in [-0.3, -0.25) is 0 Å². The van der Waals surface area contributed by atoms with E-state index in [1.807, 2.05) is 13.0 Å². The van der Waals surface area contributed by atoms with Gasteiger partial charge in [0.2, 0.25) is 0 Å². The van der Waals surface area contributed by atoms with E-state index in [9.17, 15) is 0 Å². The maximum atomic E-state index is 4.19. The Labute approximate surface area is 69.4 Å². The van der Waals surface area contributed by atoms with Gasteiger partial charge in [-0.25, -0.2) is 0 Å². The van der Waals surface area contributed by atoms with E-state index in [4.69, 9.17) is 0 Å². The molecular formula is C9H18N2.